The predicted octanol–water partition coefficient (Wildman–Crippen LogP) is 6.54. The van der Waals surface area contributed by atoms with E-state index in [9.17, 15) is 9.59 Å². The van der Waals surface area contributed by atoms with Crippen molar-refractivity contribution in [2.45, 2.75) is 52.4 Å². The van der Waals surface area contributed by atoms with Crippen LogP contribution < -0.4 is 4.90 Å². The van der Waals surface area contributed by atoms with E-state index in [0.717, 1.165) is 22.8 Å². The number of allylic oxidation sites excluding steroid dienone is 4. The van der Waals surface area contributed by atoms with E-state index in [1.54, 1.807) is 13.8 Å². The third-order valence-corrected chi connectivity index (χ3v) is 7.76. The molecule has 6 nitrogen and oxygen atoms in total. The number of rotatable bonds is 10. The van der Waals surface area contributed by atoms with Gasteiger partial charge in [0.05, 0.1) is 18.6 Å². The van der Waals surface area contributed by atoms with Gasteiger partial charge in [-0.25, -0.2) is 9.59 Å². The quantitative estimate of drug-likeness (QED) is 0.190. The maximum absolute atomic E-state index is 11.9. The lowest BCUT2D eigenvalue weighted by atomic mass is 9.81. The van der Waals surface area contributed by atoms with E-state index < -0.39 is 0 Å². The highest BCUT2D eigenvalue weighted by Crippen LogP contribution is 2.47. The van der Waals surface area contributed by atoms with Crippen LogP contribution in [-0.2, 0) is 29.9 Å². The van der Waals surface area contributed by atoms with E-state index in [4.69, 9.17) is 9.47 Å². The number of ether oxygens (including phenoxy) is 2. The molecule has 0 unspecified atom stereocenters. The molecule has 214 valence electrons. The fourth-order valence-corrected chi connectivity index (χ4v) is 5.80. The van der Waals surface area contributed by atoms with Gasteiger partial charge in [-0.15, -0.1) is 0 Å². The number of esters is 2. The summed E-state index contributed by atoms with van der Waals surface area (Å²) in [7, 11) is 0. The molecule has 0 aliphatic carbocycles. The topological polar surface area (TPSA) is 58.8 Å². The Balaban J connectivity index is 1.70. The second-order valence-electron chi connectivity index (χ2n) is 11.1. The maximum Gasteiger partial charge on any atom is 0.330 e. The Morgan fingerprint density at radius 2 is 1.44 bits per heavy atom. The summed E-state index contributed by atoms with van der Waals surface area (Å²) < 4.78 is 12.4. The molecule has 0 saturated heterocycles. The number of nitrogens with zero attached hydrogens (tertiary/aromatic N) is 2. The second-order valence-corrected chi connectivity index (χ2v) is 11.1. The van der Waals surface area contributed by atoms with E-state index in [0.29, 0.717) is 26.3 Å². The van der Waals surface area contributed by atoms with Crippen LogP contribution in [0.1, 0.15) is 52.7 Å². The van der Waals surface area contributed by atoms with Crippen LogP contribution in [-0.4, -0.2) is 48.5 Å². The molecule has 2 aromatic rings. The molecule has 0 atom stereocenters. The zero-order chi connectivity index (χ0) is 29.6. The fraction of sp³-hybridized carbons (Fsp3) is 0.343. The van der Waals surface area contributed by atoms with E-state index >= 15 is 0 Å². The normalized spacial score (nSPS) is 18.1. The van der Waals surface area contributed by atoms with E-state index in [1.165, 1.54) is 23.3 Å². The molecule has 0 N–H and O–H groups in total. The van der Waals surface area contributed by atoms with Crippen LogP contribution in [0, 0.1) is 0 Å². The number of hydrogen-bond acceptors (Lipinski definition) is 5. The molecule has 4 rings (SSSR count). The molecule has 2 heterocycles. The van der Waals surface area contributed by atoms with Gasteiger partial charge in [0.15, 0.2) is 12.3 Å². The van der Waals surface area contributed by atoms with Gasteiger partial charge in [0.2, 0.25) is 5.69 Å². The largest absolute Gasteiger partial charge is 0.463 e. The van der Waals surface area contributed by atoms with Gasteiger partial charge in [-0.3, -0.25) is 0 Å². The molecule has 0 saturated carbocycles. The summed E-state index contributed by atoms with van der Waals surface area (Å²) in [6, 6.07) is 16.8. The summed E-state index contributed by atoms with van der Waals surface area (Å²) in [5.74, 6) is -0.664. The van der Waals surface area contributed by atoms with Crippen molar-refractivity contribution in [3.8, 4) is 0 Å². The lowest BCUT2D eigenvalue weighted by Crippen LogP contribution is -2.28. The second kappa shape index (κ2) is 12.5. The molecule has 6 heteroatoms. The van der Waals surface area contributed by atoms with Crippen molar-refractivity contribution in [2.24, 2.45) is 0 Å². The molecule has 2 aromatic carbocycles. The lowest BCUT2D eigenvalue weighted by Gasteiger charge is -2.26. The summed E-state index contributed by atoms with van der Waals surface area (Å²) in [5.41, 5.74) is 6.61. The molecular weight excluding hydrogens is 512 g/mol. The predicted molar refractivity (Wildman–Crippen MR) is 165 cm³/mol. The Morgan fingerprint density at radius 1 is 0.829 bits per heavy atom. The first-order chi connectivity index (χ1) is 19.6. The molecule has 0 fully saturated rings. The number of carbonyl (C=O) groups is 2. The van der Waals surface area contributed by atoms with Gasteiger partial charge in [-0.2, -0.15) is 4.58 Å². The van der Waals surface area contributed by atoms with Gasteiger partial charge in [0.25, 0.3) is 0 Å². The number of anilines is 1. The van der Waals surface area contributed by atoms with Crippen LogP contribution in [0.4, 0.5) is 11.4 Å². The van der Waals surface area contributed by atoms with Crippen molar-refractivity contribution in [1.82, 2.24) is 0 Å². The molecule has 41 heavy (non-hydrogen) atoms. The molecule has 2 aliphatic heterocycles. The number of fused-ring (bicyclic) bond motifs is 2. The van der Waals surface area contributed by atoms with Crippen LogP contribution in [0.15, 0.2) is 96.8 Å². The minimum atomic E-state index is -0.332. The first-order valence-corrected chi connectivity index (χ1v) is 14.3. The Bertz CT molecular complexity index is 1460. The summed E-state index contributed by atoms with van der Waals surface area (Å²) >= 11 is 0. The van der Waals surface area contributed by atoms with Gasteiger partial charge in [-0.1, -0.05) is 62.4 Å². The average molecular weight is 554 g/mol. The Morgan fingerprint density at radius 3 is 2.12 bits per heavy atom. The van der Waals surface area contributed by atoms with Crippen molar-refractivity contribution in [1.29, 1.82) is 0 Å². The van der Waals surface area contributed by atoms with Crippen molar-refractivity contribution < 1.29 is 23.6 Å². The minimum Gasteiger partial charge on any atom is -0.463 e. The molecule has 0 aromatic heterocycles. The van der Waals surface area contributed by atoms with E-state index in [-0.39, 0.29) is 22.8 Å². The number of hydrogen-bond donors (Lipinski definition) is 0. The van der Waals surface area contributed by atoms with Crippen LogP contribution in [0.25, 0.3) is 0 Å². The fourth-order valence-electron chi connectivity index (χ4n) is 5.80. The number of para-hydroxylation sites is 2. The van der Waals surface area contributed by atoms with Gasteiger partial charge in [0.1, 0.15) is 0 Å². The van der Waals surface area contributed by atoms with Crippen LogP contribution in [0.5, 0.6) is 0 Å². The van der Waals surface area contributed by atoms with Gasteiger partial charge >= 0.3 is 11.9 Å². The van der Waals surface area contributed by atoms with Crippen molar-refractivity contribution in [3.63, 3.8) is 0 Å². The standard InChI is InChI=1S/C35H41N2O4/c1-7-40-32(38)22-14-24-36-28-18-11-9-16-26(28)34(3,4)30(36)20-13-21-31-35(5,6)27-17-10-12-19-29(27)37(31)25-15-23-33(39)41-8-2/h9-23H,7-8,24-25H2,1-6H3/q+1. The Kier molecular flexibility index (Phi) is 9.11. The summed E-state index contributed by atoms with van der Waals surface area (Å²) in [5, 5.41) is 0. The molecular formula is C35H41N2O4+. The first-order valence-electron chi connectivity index (χ1n) is 14.3. The molecule has 2 aliphatic rings. The highest BCUT2D eigenvalue weighted by Gasteiger charge is 2.44. The zero-order valence-corrected chi connectivity index (χ0v) is 25.0. The Hall–Kier alpha value is -4.19. The van der Waals surface area contributed by atoms with Gasteiger partial charge < -0.3 is 14.4 Å². The van der Waals surface area contributed by atoms with E-state index in [1.807, 2.05) is 24.3 Å². The third kappa shape index (κ3) is 6.12. The molecule has 0 bridgehead atoms. The van der Waals surface area contributed by atoms with E-state index in [2.05, 4.69) is 91.8 Å². The molecule has 0 radical (unpaired) electrons. The van der Waals surface area contributed by atoms with Gasteiger partial charge in [-0.05, 0) is 51.5 Å². The average Bonchev–Trinajstić information content (AvgIpc) is 3.28. The highest BCUT2D eigenvalue weighted by molar-refractivity contribution is 6.03. The molecule has 0 amide bonds. The summed E-state index contributed by atoms with van der Waals surface area (Å²) in [4.78, 5) is 26.1. The number of carbonyl (C=O) groups excluding carboxylic acids is 2. The van der Waals surface area contributed by atoms with Crippen LogP contribution in [0.2, 0.25) is 0 Å². The first kappa shape index (κ1) is 29.8. The number of benzene rings is 2. The SMILES string of the molecule is CCOC(=O)C=CCN1C(=CC=CC2=[N+](CC=CC(=O)OCC)c3ccccc3C2(C)C)C(C)(C)c2ccccc21. The minimum absolute atomic E-state index is 0.223. The van der Waals surface area contributed by atoms with Gasteiger partial charge in [0, 0.05) is 53.2 Å². The lowest BCUT2D eigenvalue weighted by molar-refractivity contribution is -0.425. The van der Waals surface area contributed by atoms with Crippen LogP contribution in [0.3, 0.4) is 0 Å². The third-order valence-electron chi connectivity index (χ3n) is 7.76. The van der Waals surface area contributed by atoms with Crippen molar-refractivity contribution in [3.05, 3.63) is 108 Å². The molecule has 0 spiro atoms. The Labute approximate surface area is 244 Å². The summed E-state index contributed by atoms with van der Waals surface area (Å²) in [6.45, 7) is 14.3. The van der Waals surface area contributed by atoms with Crippen molar-refractivity contribution in [2.75, 3.05) is 31.2 Å². The van der Waals surface area contributed by atoms with Crippen molar-refractivity contribution >= 4 is 29.0 Å². The zero-order valence-electron chi connectivity index (χ0n) is 25.0. The smallest absolute Gasteiger partial charge is 0.330 e. The summed E-state index contributed by atoms with van der Waals surface area (Å²) in [6.07, 6.45) is 13.2. The maximum atomic E-state index is 11.9. The highest BCUT2D eigenvalue weighted by atomic mass is 16.5. The van der Waals surface area contributed by atoms with Crippen LogP contribution >= 0.6 is 0 Å². The monoisotopic (exact) mass is 553 g/mol.